The lowest BCUT2D eigenvalue weighted by Crippen LogP contribution is -2.26. The van der Waals surface area contributed by atoms with Crippen LogP contribution in [0, 0.1) is 22.7 Å². The van der Waals surface area contributed by atoms with Crippen LogP contribution in [0.4, 0.5) is 5.00 Å². The summed E-state index contributed by atoms with van der Waals surface area (Å²) < 4.78 is 4.82. The molecule has 1 aliphatic carbocycles. The molecular formula is C16H22N2O2S. The van der Waals surface area contributed by atoms with Gasteiger partial charge in [0, 0.05) is 12.0 Å². The van der Waals surface area contributed by atoms with Gasteiger partial charge in [-0.15, -0.1) is 11.3 Å². The van der Waals surface area contributed by atoms with Crippen LogP contribution in [0.5, 0.6) is 0 Å². The van der Waals surface area contributed by atoms with E-state index in [0.717, 1.165) is 24.8 Å². The van der Waals surface area contributed by atoms with E-state index in [1.54, 1.807) is 11.3 Å². The molecule has 0 saturated heterocycles. The first-order chi connectivity index (χ1) is 9.86. The summed E-state index contributed by atoms with van der Waals surface area (Å²) in [5.41, 5.74) is 2.05. The Balaban J connectivity index is 2.26. The minimum Gasteiger partial charge on any atom is -0.375 e. The van der Waals surface area contributed by atoms with E-state index in [2.05, 4.69) is 32.2 Å². The van der Waals surface area contributed by atoms with Crippen LogP contribution in [0.1, 0.15) is 43.2 Å². The van der Waals surface area contributed by atoms with E-state index >= 15 is 0 Å². The molecule has 1 aromatic heterocycles. The molecule has 1 N–H and O–H groups in total. The normalized spacial score (nSPS) is 18.0. The average molecular weight is 306 g/mol. The number of thiophene rings is 1. The van der Waals surface area contributed by atoms with Gasteiger partial charge in [0.2, 0.25) is 0 Å². The zero-order chi connectivity index (χ0) is 15.6. The molecule has 0 fully saturated rings. The number of fused-ring (bicyclic) bond motifs is 1. The minimum atomic E-state index is -0.208. The number of carbonyl (C=O) groups is 1. The van der Waals surface area contributed by atoms with E-state index in [0.29, 0.717) is 16.5 Å². The molecule has 21 heavy (non-hydrogen) atoms. The fourth-order valence-electron chi connectivity index (χ4n) is 2.83. The van der Waals surface area contributed by atoms with Crippen molar-refractivity contribution in [1.29, 1.82) is 5.26 Å². The number of carbonyl (C=O) groups excluding carboxylic acids is 1. The van der Waals surface area contributed by atoms with Crippen LogP contribution >= 0.6 is 11.3 Å². The summed E-state index contributed by atoms with van der Waals surface area (Å²) in [6.07, 6.45) is 3.03. The largest absolute Gasteiger partial charge is 0.375 e. The first kappa shape index (κ1) is 16.0. The molecule has 0 aliphatic heterocycles. The summed E-state index contributed by atoms with van der Waals surface area (Å²) in [5.74, 6) is 0.415. The molecule has 0 bridgehead atoms. The molecule has 0 aromatic carbocycles. The maximum Gasteiger partial charge on any atom is 0.250 e. The van der Waals surface area contributed by atoms with Crippen LogP contribution in [-0.4, -0.2) is 19.6 Å². The smallest absolute Gasteiger partial charge is 0.250 e. The predicted molar refractivity (Wildman–Crippen MR) is 84.5 cm³/mol. The average Bonchev–Trinajstić information content (AvgIpc) is 2.73. The first-order valence-electron chi connectivity index (χ1n) is 7.20. The maximum atomic E-state index is 11.7. The quantitative estimate of drug-likeness (QED) is 0.931. The van der Waals surface area contributed by atoms with Crippen LogP contribution < -0.4 is 5.32 Å². The number of nitrogens with one attached hydrogen (secondary N) is 1. The highest BCUT2D eigenvalue weighted by atomic mass is 32.1. The van der Waals surface area contributed by atoms with Crippen LogP contribution in [0.3, 0.4) is 0 Å². The monoisotopic (exact) mass is 306 g/mol. The Bertz CT molecular complexity index is 578. The van der Waals surface area contributed by atoms with Gasteiger partial charge in [0.15, 0.2) is 0 Å². The van der Waals surface area contributed by atoms with Crippen molar-refractivity contribution >= 4 is 22.2 Å². The number of hydrogen-bond acceptors (Lipinski definition) is 4. The van der Waals surface area contributed by atoms with Gasteiger partial charge in [0.1, 0.15) is 17.7 Å². The second-order valence-corrected chi connectivity index (χ2v) is 7.71. The Morgan fingerprint density at radius 1 is 1.52 bits per heavy atom. The molecule has 0 spiro atoms. The molecule has 114 valence electrons. The number of amides is 1. The second kappa shape index (κ2) is 6.17. The van der Waals surface area contributed by atoms with Gasteiger partial charge in [0.05, 0.1) is 5.56 Å². The maximum absolute atomic E-state index is 11.7. The SMILES string of the molecule is COCC(=O)Nc1sc2c(c1C#N)CCC(C(C)(C)C)C2. The summed E-state index contributed by atoms with van der Waals surface area (Å²) >= 11 is 1.55. The highest BCUT2D eigenvalue weighted by Crippen LogP contribution is 2.43. The van der Waals surface area contributed by atoms with Gasteiger partial charge in [-0.05, 0) is 36.2 Å². The molecule has 1 heterocycles. The number of nitriles is 1. The first-order valence-corrected chi connectivity index (χ1v) is 8.02. The van der Waals surface area contributed by atoms with Crippen molar-refractivity contribution in [2.75, 3.05) is 19.0 Å². The van der Waals surface area contributed by atoms with Crippen LogP contribution in [0.15, 0.2) is 0 Å². The summed E-state index contributed by atoms with van der Waals surface area (Å²) in [4.78, 5) is 12.9. The van der Waals surface area contributed by atoms with Crippen molar-refractivity contribution < 1.29 is 9.53 Å². The lowest BCUT2D eigenvalue weighted by molar-refractivity contribution is -0.119. The summed E-state index contributed by atoms with van der Waals surface area (Å²) in [7, 11) is 1.48. The van der Waals surface area contributed by atoms with E-state index in [9.17, 15) is 10.1 Å². The van der Waals surface area contributed by atoms with Crippen molar-refractivity contribution in [3.63, 3.8) is 0 Å². The van der Waals surface area contributed by atoms with E-state index in [1.807, 2.05) is 0 Å². The third-order valence-electron chi connectivity index (χ3n) is 4.13. The molecule has 1 unspecified atom stereocenters. The molecule has 0 saturated carbocycles. The van der Waals surface area contributed by atoms with Crippen LogP contribution in [0.25, 0.3) is 0 Å². The predicted octanol–water partition coefficient (Wildman–Crippen LogP) is 3.36. The fraction of sp³-hybridized carbons (Fsp3) is 0.625. The zero-order valence-corrected chi connectivity index (χ0v) is 13.9. The Hall–Kier alpha value is -1.38. The molecule has 1 aromatic rings. The molecular weight excluding hydrogens is 284 g/mol. The Labute approximate surface area is 130 Å². The molecule has 4 nitrogen and oxygen atoms in total. The van der Waals surface area contributed by atoms with Gasteiger partial charge in [-0.1, -0.05) is 20.8 Å². The topological polar surface area (TPSA) is 62.1 Å². The van der Waals surface area contributed by atoms with Gasteiger partial charge >= 0.3 is 0 Å². The second-order valence-electron chi connectivity index (χ2n) is 6.61. The number of hydrogen-bond donors (Lipinski definition) is 1. The lowest BCUT2D eigenvalue weighted by atomic mass is 9.72. The zero-order valence-electron chi connectivity index (χ0n) is 13.1. The highest BCUT2D eigenvalue weighted by molar-refractivity contribution is 7.16. The third kappa shape index (κ3) is 3.45. The Kier molecular flexibility index (Phi) is 4.70. The van der Waals surface area contributed by atoms with Crippen molar-refractivity contribution in [3.8, 4) is 6.07 Å². The summed E-state index contributed by atoms with van der Waals surface area (Å²) in [5, 5.41) is 12.9. The highest BCUT2D eigenvalue weighted by Gasteiger charge is 2.32. The lowest BCUT2D eigenvalue weighted by Gasteiger charge is -2.33. The van der Waals surface area contributed by atoms with Crippen molar-refractivity contribution in [2.45, 2.75) is 40.0 Å². The number of ether oxygens (including phenoxy) is 1. The van der Waals surface area contributed by atoms with Crippen molar-refractivity contribution in [2.24, 2.45) is 11.3 Å². The van der Waals surface area contributed by atoms with Gasteiger partial charge in [-0.2, -0.15) is 5.26 Å². The van der Waals surface area contributed by atoms with E-state index < -0.39 is 0 Å². The minimum absolute atomic E-state index is 0.0120. The number of rotatable bonds is 3. The number of anilines is 1. The van der Waals surface area contributed by atoms with Crippen molar-refractivity contribution in [3.05, 3.63) is 16.0 Å². The third-order valence-corrected chi connectivity index (χ3v) is 5.30. The molecule has 1 aliphatic rings. The van der Waals surface area contributed by atoms with E-state index in [-0.39, 0.29) is 17.9 Å². The van der Waals surface area contributed by atoms with Gasteiger partial charge in [-0.25, -0.2) is 0 Å². The van der Waals surface area contributed by atoms with Crippen LogP contribution in [-0.2, 0) is 22.4 Å². The molecule has 1 atom stereocenters. The molecule has 1 amide bonds. The number of methoxy groups -OCH3 is 1. The number of nitrogens with zero attached hydrogens (tertiary/aromatic N) is 1. The van der Waals surface area contributed by atoms with Gasteiger partial charge in [0.25, 0.3) is 5.91 Å². The molecule has 2 rings (SSSR count). The van der Waals surface area contributed by atoms with Crippen molar-refractivity contribution in [1.82, 2.24) is 0 Å². The van der Waals surface area contributed by atoms with Gasteiger partial charge in [-0.3, -0.25) is 4.79 Å². The Morgan fingerprint density at radius 2 is 2.24 bits per heavy atom. The fourth-order valence-corrected chi connectivity index (χ4v) is 4.12. The molecule has 5 heteroatoms. The molecule has 0 radical (unpaired) electrons. The summed E-state index contributed by atoms with van der Waals surface area (Å²) in [6, 6.07) is 2.26. The van der Waals surface area contributed by atoms with Gasteiger partial charge < -0.3 is 10.1 Å². The van der Waals surface area contributed by atoms with E-state index in [1.165, 1.54) is 12.0 Å². The summed E-state index contributed by atoms with van der Waals surface area (Å²) in [6.45, 7) is 6.81. The standard InChI is InChI=1S/C16H22N2O2S/c1-16(2,3)10-5-6-11-12(8-17)15(21-13(11)7-10)18-14(19)9-20-4/h10H,5-7,9H2,1-4H3,(H,18,19). The van der Waals surface area contributed by atoms with E-state index in [4.69, 9.17) is 4.74 Å². The Morgan fingerprint density at radius 3 is 2.81 bits per heavy atom. The van der Waals surface area contributed by atoms with Crippen LogP contribution in [0.2, 0.25) is 0 Å².